The van der Waals surface area contributed by atoms with Gasteiger partial charge in [0.2, 0.25) is 0 Å². The third-order valence-electron chi connectivity index (χ3n) is 4.25. The van der Waals surface area contributed by atoms with Crippen molar-refractivity contribution in [3.63, 3.8) is 0 Å². The third kappa shape index (κ3) is 2.45. The molecule has 5 heteroatoms. The van der Waals surface area contributed by atoms with Gasteiger partial charge < -0.3 is 0 Å². The standard InChI is InChI=1S/C18H20N2O2S/c1-11-6-14(4)18(15(5)7-11)23(21,22)20-10-19-16-8-12(2)13(3)9-17(16)20/h6-10H,1-5H3. The first-order valence-electron chi connectivity index (χ1n) is 7.49. The molecule has 3 aromatic rings. The van der Waals surface area contributed by atoms with Crippen molar-refractivity contribution in [2.75, 3.05) is 0 Å². The van der Waals surface area contributed by atoms with Crippen LogP contribution in [0.3, 0.4) is 0 Å². The summed E-state index contributed by atoms with van der Waals surface area (Å²) >= 11 is 0. The SMILES string of the molecule is Cc1cc(C)c(S(=O)(=O)n2cnc3cc(C)c(C)cc32)c(C)c1. The lowest BCUT2D eigenvalue weighted by Crippen LogP contribution is -2.15. The molecule has 0 aliphatic heterocycles. The van der Waals surface area contributed by atoms with Gasteiger partial charge in [0.1, 0.15) is 6.33 Å². The Morgan fingerprint density at radius 1 is 0.826 bits per heavy atom. The first kappa shape index (κ1) is 15.7. The van der Waals surface area contributed by atoms with E-state index in [9.17, 15) is 8.42 Å². The third-order valence-corrected chi connectivity index (χ3v) is 6.22. The number of hydrogen-bond acceptors (Lipinski definition) is 3. The van der Waals surface area contributed by atoms with Crippen LogP contribution in [0.4, 0.5) is 0 Å². The van der Waals surface area contributed by atoms with Crippen LogP contribution in [0.15, 0.2) is 35.5 Å². The van der Waals surface area contributed by atoms with Crippen LogP contribution >= 0.6 is 0 Å². The van der Waals surface area contributed by atoms with Crippen LogP contribution in [0.25, 0.3) is 11.0 Å². The lowest BCUT2D eigenvalue weighted by Gasteiger charge is -2.13. The highest BCUT2D eigenvalue weighted by atomic mass is 32.2. The molecule has 4 nitrogen and oxygen atoms in total. The van der Waals surface area contributed by atoms with Crippen LogP contribution in [0, 0.1) is 34.6 Å². The number of benzene rings is 2. The number of imidazole rings is 1. The van der Waals surface area contributed by atoms with Crippen LogP contribution in [0.1, 0.15) is 27.8 Å². The Hall–Kier alpha value is -2.14. The van der Waals surface area contributed by atoms with Gasteiger partial charge >= 0.3 is 0 Å². The van der Waals surface area contributed by atoms with Gasteiger partial charge in [0.15, 0.2) is 0 Å². The maximum absolute atomic E-state index is 13.2. The molecule has 0 N–H and O–H groups in total. The quantitative estimate of drug-likeness (QED) is 0.718. The van der Waals surface area contributed by atoms with Crippen LogP contribution < -0.4 is 0 Å². The Balaban J connectivity index is 2.32. The average molecular weight is 328 g/mol. The fourth-order valence-corrected chi connectivity index (χ4v) is 4.81. The summed E-state index contributed by atoms with van der Waals surface area (Å²) in [7, 11) is -3.68. The van der Waals surface area contributed by atoms with Gasteiger partial charge in [0.05, 0.1) is 15.9 Å². The Morgan fingerprint density at radius 3 is 2.00 bits per heavy atom. The van der Waals surface area contributed by atoms with Gasteiger partial charge in [-0.3, -0.25) is 0 Å². The number of hydrogen-bond donors (Lipinski definition) is 0. The predicted molar refractivity (Wildman–Crippen MR) is 92.4 cm³/mol. The first-order valence-corrected chi connectivity index (χ1v) is 8.93. The second-order valence-corrected chi connectivity index (χ2v) is 7.95. The van der Waals surface area contributed by atoms with Crippen molar-refractivity contribution in [2.45, 2.75) is 39.5 Å². The summed E-state index contributed by atoms with van der Waals surface area (Å²) in [5.74, 6) is 0. The van der Waals surface area contributed by atoms with Gasteiger partial charge in [-0.15, -0.1) is 0 Å². The highest BCUT2D eigenvalue weighted by Gasteiger charge is 2.24. The van der Waals surface area contributed by atoms with Crippen molar-refractivity contribution in [2.24, 2.45) is 0 Å². The van der Waals surface area contributed by atoms with Gasteiger partial charge in [0, 0.05) is 0 Å². The maximum Gasteiger partial charge on any atom is 0.270 e. The summed E-state index contributed by atoms with van der Waals surface area (Å²) in [4.78, 5) is 4.63. The van der Waals surface area contributed by atoms with Crippen LogP contribution in [-0.4, -0.2) is 17.4 Å². The lowest BCUT2D eigenvalue weighted by atomic mass is 10.1. The van der Waals surface area contributed by atoms with Crippen molar-refractivity contribution in [3.8, 4) is 0 Å². The smallest absolute Gasteiger partial charge is 0.236 e. The minimum absolute atomic E-state index is 0.362. The molecule has 0 atom stereocenters. The molecule has 0 bridgehead atoms. The van der Waals surface area contributed by atoms with E-state index in [4.69, 9.17) is 0 Å². The Bertz CT molecular complexity index is 1010. The molecule has 0 aliphatic rings. The number of rotatable bonds is 2. The molecule has 0 saturated carbocycles. The lowest BCUT2D eigenvalue weighted by molar-refractivity contribution is 0.587. The van der Waals surface area contributed by atoms with Crippen molar-refractivity contribution in [1.82, 2.24) is 8.96 Å². The molecule has 0 unspecified atom stereocenters. The zero-order valence-electron chi connectivity index (χ0n) is 14.0. The Labute approximate surface area is 136 Å². The zero-order chi connectivity index (χ0) is 16.9. The molecule has 23 heavy (non-hydrogen) atoms. The molecule has 120 valence electrons. The number of fused-ring (bicyclic) bond motifs is 1. The fraction of sp³-hybridized carbons (Fsp3) is 0.278. The molecule has 0 radical (unpaired) electrons. The van der Waals surface area contributed by atoms with Crippen molar-refractivity contribution >= 4 is 21.1 Å². The number of nitrogens with zero attached hydrogens (tertiary/aromatic N) is 2. The summed E-state index contributed by atoms with van der Waals surface area (Å²) in [5, 5.41) is 0. The highest BCUT2D eigenvalue weighted by molar-refractivity contribution is 7.90. The summed E-state index contributed by atoms with van der Waals surface area (Å²) in [6.07, 6.45) is 1.40. The highest BCUT2D eigenvalue weighted by Crippen LogP contribution is 2.27. The van der Waals surface area contributed by atoms with E-state index in [1.165, 1.54) is 10.3 Å². The molecule has 1 heterocycles. The van der Waals surface area contributed by atoms with Gasteiger partial charge in [0.25, 0.3) is 10.0 Å². The molecule has 0 saturated heterocycles. The predicted octanol–water partition coefficient (Wildman–Crippen LogP) is 3.82. The number of aromatic nitrogens is 2. The van der Waals surface area contributed by atoms with Gasteiger partial charge in [-0.05, 0) is 69.0 Å². The zero-order valence-corrected chi connectivity index (χ0v) is 14.8. The Kier molecular flexibility index (Phi) is 3.56. The van der Waals surface area contributed by atoms with Gasteiger partial charge in [-0.2, -0.15) is 0 Å². The van der Waals surface area contributed by atoms with E-state index in [0.29, 0.717) is 15.9 Å². The molecule has 1 aromatic heterocycles. The van der Waals surface area contributed by atoms with E-state index in [-0.39, 0.29) is 0 Å². The molecule has 0 aliphatic carbocycles. The molecule has 3 rings (SSSR count). The fourth-order valence-electron chi connectivity index (χ4n) is 3.11. The van der Waals surface area contributed by atoms with E-state index >= 15 is 0 Å². The van der Waals surface area contributed by atoms with E-state index < -0.39 is 10.0 Å². The first-order chi connectivity index (χ1) is 10.7. The van der Waals surface area contributed by atoms with Crippen LogP contribution in [-0.2, 0) is 10.0 Å². The van der Waals surface area contributed by atoms with Gasteiger partial charge in [-0.25, -0.2) is 17.4 Å². The maximum atomic E-state index is 13.2. The second kappa shape index (κ2) is 5.20. The van der Waals surface area contributed by atoms with Crippen LogP contribution in [0.2, 0.25) is 0 Å². The minimum atomic E-state index is -3.68. The minimum Gasteiger partial charge on any atom is -0.236 e. The number of aryl methyl sites for hydroxylation is 5. The summed E-state index contributed by atoms with van der Waals surface area (Å²) in [6, 6.07) is 7.60. The largest absolute Gasteiger partial charge is 0.270 e. The summed E-state index contributed by atoms with van der Waals surface area (Å²) < 4.78 is 27.7. The molecule has 0 fully saturated rings. The topological polar surface area (TPSA) is 52.0 Å². The average Bonchev–Trinajstić information content (AvgIpc) is 2.81. The van der Waals surface area contributed by atoms with E-state index in [1.807, 2.05) is 58.9 Å². The van der Waals surface area contributed by atoms with E-state index in [1.54, 1.807) is 0 Å². The monoisotopic (exact) mass is 328 g/mol. The van der Waals surface area contributed by atoms with E-state index in [0.717, 1.165) is 27.8 Å². The van der Waals surface area contributed by atoms with Gasteiger partial charge in [-0.1, -0.05) is 17.7 Å². The van der Waals surface area contributed by atoms with Crippen molar-refractivity contribution in [3.05, 3.63) is 58.4 Å². The summed E-state index contributed by atoms with van der Waals surface area (Å²) in [6.45, 7) is 9.61. The molecular weight excluding hydrogens is 308 g/mol. The van der Waals surface area contributed by atoms with Crippen molar-refractivity contribution < 1.29 is 8.42 Å². The molecule has 2 aromatic carbocycles. The Morgan fingerprint density at radius 2 is 1.39 bits per heavy atom. The van der Waals surface area contributed by atoms with Crippen LogP contribution in [0.5, 0.6) is 0 Å². The summed E-state index contributed by atoms with van der Waals surface area (Å²) in [5.41, 5.74) is 6.03. The molecule has 0 amide bonds. The van der Waals surface area contributed by atoms with E-state index in [2.05, 4.69) is 4.98 Å². The normalized spacial score (nSPS) is 12.0. The molecule has 0 spiro atoms. The van der Waals surface area contributed by atoms with Crippen molar-refractivity contribution in [1.29, 1.82) is 0 Å². The second-order valence-electron chi connectivity index (χ2n) is 6.20. The molecular formula is C18H20N2O2S.